The summed E-state index contributed by atoms with van der Waals surface area (Å²) in [5, 5.41) is 36.8. The lowest BCUT2D eigenvalue weighted by Crippen LogP contribution is -2.29. The van der Waals surface area contributed by atoms with Gasteiger partial charge in [-0.3, -0.25) is 4.79 Å². The summed E-state index contributed by atoms with van der Waals surface area (Å²) in [5.41, 5.74) is 6.48. The number of ether oxygens (including phenoxy) is 3. The standard InChI is InChI=1S/C24H27N7O4.C20H24N4O4.C2H6/c1-14-22(15(2)35-31-14)20-9-21(28-17-10-26-24(33-4)27-11-17)30-23(29-20)16-6-5-7-19(8-16)34-13-18(32)12-25-3;1-11-18(17-12(2)24-28-13(17)3)22-19(23-20(11)26)14-6-5-7-16(8-14)27-10-15(25)9-21-4;1-2/h5-11,18,25,32H,12-13H2,1-4H3,(H,28,29,30);5-8,15,21,25H,9-10H2,1-4H3,(H,22,23,26);1-2H3. The van der Waals surface area contributed by atoms with Gasteiger partial charge < -0.3 is 54.4 Å². The van der Waals surface area contributed by atoms with Crippen LogP contribution in [0.2, 0.25) is 0 Å². The van der Waals surface area contributed by atoms with E-state index in [0.717, 1.165) is 22.4 Å². The minimum Gasteiger partial charge on any atom is -0.491 e. The quantitative estimate of drug-likeness (QED) is 0.0620. The Labute approximate surface area is 377 Å². The van der Waals surface area contributed by atoms with Gasteiger partial charge in [0.15, 0.2) is 5.82 Å². The number of nitrogens with one attached hydrogen (secondary N) is 4. The molecule has 65 heavy (non-hydrogen) atoms. The number of H-pyrrole nitrogens is 1. The first-order chi connectivity index (χ1) is 31.4. The second-order valence-corrected chi connectivity index (χ2v) is 14.4. The van der Waals surface area contributed by atoms with Gasteiger partial charge >= 0.3 is 6.01 Å². The van der Waals surface area contributed by atoms with Crippen LogP contribution in [0.5, 0.6) is 17.5 Å². The summed E-state index contributed by atoms with van der Waals surface area (Å²) in [5.74, 6) is 3.88. The molecule has 2 aromatic carbocycles. The molecule has 0 spiro atoms. The Kier molecular flexibility index (Phi) is 17.8. The number of methoxy groups -OCH3 is 1. The molecule has 0 radical (unpaired) electrons. The Morgan fingerprint density at radius 2 is 1.29 bits per heavy atom. The lowest BCUT2D eigenvalue weighted by Gasteiger charge is -2.13. The molecule has 0 saturated carbocycles. The average molecular weight is 892 g/mol. The number of anilines is 2. The van der Waals surface area contributed by atoms with E-state index >= 15 is 0 Å². The predicted molar refractivity (Wildman–Crippen MR) is 247 cm³/mol. The Morgan fingerprint density at radius 3 is 1.83 bits per heavy atom. The van der Waals surface area contributed by atoms with Gasteiger partial charge in [0, 0.05) is 35.8 Å². The fourth-order valence-electron chi connectivity index (χ4n) is 6.42. The lowest BCUT2D eigenvalue weighted by atomic mass is 10.1. The van der Waals surface area contributed by atoms with Crippen molar-refractivity contribution in [2.75, 3.05) is 52.8 Å². The summed E-state index contributed by atoms with van der Waals surface area (Å²) in [6, 6.07) is 16.7. The third-order valence-corrected chi connectivity index (χ3v) is 9.48. The summed E-state index contributed by atoms with van der Waals surface area (Å²) in [7, 11) is 5.05. The Hall–Kier alpha value is -7.06. The first-order valence-corrected chi connectivity index (χ1v) is 21.0. The number of hydrogen-bond donors (Lipinski definition) is 6. The number of benzene rings is 2. The van der Waals surface area contributed by atoms with Gasteiger partial charge in [0.05, 0.1) is 59.1 Å². The molecule has 7 rings (SSSR count). The zero-order valence-corrected chi connectivity index (χ0v) is 38.3. The number of aliphatic hydroxyl groups is 2. The summed E-state index contributed by atoms with van der Waals surface area (Å²) >= 11 is 0. The van der Waals surface area contributed by atoms with Gasteiger partial charge in [0.25, 0.3) is 5.56 Å². The highest BCUT2D eigenvalue weighted by Gasteiger charge is 2.20. The van der Waals surface area contributed by atoms with Gasteiger partial charge in [-0.15, -0.1) is 0 Å². The van der Waals surface area contributed by atoms with Crippen molar-refractivity contribution >= 4 is 11.5 Å². The molecule has 0 amide bonds. The number of hydrogen-bond acceptors (Lipinski definition) is 18. The van der Waals surface area contributed by atoms with Crippen molar-refractivity contribution in [2.45, 2.75) is 60.7 Å². The highest BCUT2D eigenvalue weighted by molar-refractivity contribution is 5.72. The molecular weight excluding hydrogens is 835 g/mol. The van der Waals surface area contributed by atoms with Crippen molar-refractivity contribution in [3.63, 3.8) is 0 Å². The molecule has 0 aliphatic rings. The molecule has 344 valence electrons. The number of nitrogens with zero attached hydrogens (tertiary/aromatic N) is 7. The maximum Gasteiger partial charge on any atom is 0.316 e. The average Bonchev–Trinajstić information content (AvgIpc) is 3.84. The Morgan fingerprint density at radius 1 is 0.738 bits per heavy atom. The van der Waals surface area contributed by atoms with Gasteiger partial charge in [-0.05, 0) is 73.0 Å². The van der Waals surface area contributed by atoms with E-state index in [1.807, 2.05) is 77.1 Å². The minimum absolute atomic E-state index is 0.159. The second-order valence-electron chi connectivity index (χ2n) is 14.4. The van der Waals surface area contributed by atoms with E-state index in [4.69, 9.17) is 33.2 Å². The lowest BCUT2D eigenvalue weighted by molar-refractivity contribution is 0.108. The Balaban J connectivity index is 0.000000241. The van der Waals surface area contributed by atoms with Gasteiger partial charge in [-0.25, -0.2) is 24.9 Å². The fourth-order valence-corrected chi connectivity index (χ4v) is 6.42. The number of likely N-dealkylation sites (N-methyl/N-ethyl adjacent to an activating group) is 2. The number of aromatic amines is 1. The van der Waals surface area contributed by atoms with Gasteiger partial charge in [0.2, 0.25) is 0 Å². The van der Waals surface area contributed by atoms with Crippen LogP contribution >= 0.6 is 0 Å². The number of aryl methyl sites for hydroxylation is 4. The second kappa shape index (κ2) is 23.6. The molecule has 0 bridgehead atoms. The molecule has 5 aromatic heterocycles. The van der Waals surface area contributed by atoms with Crippen molar-refractivity contribution in [2.24, 2.45) is 0 Å². The molecule has 0 aliphatic heterocycles. The largest absolute Gasteiger partial charge is 0.491 e. The van der Waals surface area contributed by atoms with Gasteiger partial charge in [0.1, 0.15) is 60.1 Å². The first kappa shape index (κ1) is 49.0. The summed E-state index contributed by atoms with van der Waals surface area (Å²) in [6.07, 6.45) is 1.98. The monoisotopic (exact) mass is 891 g/mol. The van der Waals surface area contributed by atoms with Gasteiger partial charge in [-0.1, -0.05) is 48.4 Å². The van der Waals surface area contributed by atoms with E-state index in [1.54, 1.807) is 52.5 Å². The highest BCUT2D eigenvalue weighted by Crippen LogP contribution is 2.32. The molecule has 2 atom stereocenters. The highest BCUT2D eigenvalue weighted by atomic mass is 16.5. The van der Waals surface area contributed by atoms with Crippen LogP contribution in [0.15, 0.2) is 80.8 Å². The van der Waals surface area contributed by atoms with Crippen molar-refractivity contribution < 1.29 is 33.5 Å². The number of aliphatic hydroxyl groups excluding tert-OH is 2. The predicted octanol–water partition coefficient (Wildman–Crippen LogP) is 5.92. The van der Waals surface area contributed by atoms with Crippen LogP contribution in [0, 0.1) is 34.6 Å². The Bertz CT molecular complexity index is 2630. The first-order valence-electron chi connectivity index (χ1n) is 21.0. The molecule has 0 saturated heterocycles. The van der Waals surface area contributed by atoms with E-state index in [9.17, 15) is 15.0 Å². The zero-order chi connectivity index (χ0) is 47.0. The van der Waals surface area contributed by atoms with Crippen LogP contribution < -0.4 is 35.7 Å². The van der Waals surface area contributed by atoms with E-state index in [2.05, 4.69) is 46.2 Å². The van der Waals surface area contributed by atoms with Crippen molar-refractivity contribution in [3.8, 4) is 62.8 Å². The maximum absolute atomic E-state index is 12.5. The summed E-state index contributed by atoms with van der Waals surface area (Å²) in [6.45, 7) is 14.2. The third kappa shape index (κ3) is 13.0. The van der Waals surface area contributed by atoms with Crippen molar-refractivity contribution in [3.05, 3.63) is 106 Å². The van der Waals surface area contributed by atoms with Gasteiger partial charge in [-0.2, -0.15) is 0 Å². The van der Waals surface area contributed by atoms with E-state index in [1.165, 1.54) is 7.11 Å². The van der Waals surface area contributed by atoms with Crippen LogP contribution in [0.1, 0.15) is 42.3 Å². The van der Waals surface area contributed by atoms with Crippen LogP contribution in [0.3, 0.4) is 0 Å². The van der Waals surface area contributed by atoms with Crippen LogP contribution in [-0.4, -0.2) is 110 Å². The van der Waals surface area contributed by atoms with E-state index < -0.39 is 12.2 Å². The number of aromatic nitrogens is 8. The van der Waals surface area contributed by atoms with Crippen molar-refractivity contribution in [1.82, 2.24) is 50.9 Å². The topological polar surface area (TPSA) is 254 Å². The molecule has 19 heteroatoms. The molecule has 7 aromatic rings. The molecule has 19 nitrogen and oxygen atoms in total. The van der Waals surface area contributed by atoms with E-state index in [-0.39, 0.29) is 24.8 Å². The molecule has 5 heterocycles. The van der Waals surface area contributed by atoms with E-state index in [0.29, 0.717) is 87.5 Å². The van der Waals surface area contributed by atoms with Crippen LogP contribution in [0.25, 0.3) is 45.3 Å². The SMILES string of the molecule is CC.CNCC(O)COc1cccc(-c2nc(-c3c(C)noc3C)c(C)c(=O)[nH]2)c1.CNCC(O)COc1cccc(-c2nc(Nc3cnc(OC)nc3)cc(-c3c(C)noc3C)n2)c1. The molecule has 2 unspecified atom stereocenters. The maximum atomic E-state index is 12.5. The normalized spacial score (nSPS) is 11.7. The smallest absolute Gasteiger partial charge is 0.316 e. The fraction of sp³-hybridized carbons (Fsp3) is 0.348. The molecular formula is C46H57N11O8. The van der Waals surface area contributed by atoms with Crippen LogP contribution in [0.4, 0.5) is 11.5 Å². The summed E-state index contributed by atoms with van der Waals surface area (Å²) < 4.78 is 27.0. The minimum atomic E-state index is -0.620. The summed E-state index contributed by atoms with van der Waals surface area (Å²) in [4.78, 5) is 37.7. The molecule has 0 fully saturated rings. The molecule has 0 aliphatic carbocycles. The zero-order valence-electron chi connectivity index (χ0n) is 38.3. The van der Waals surface area contributed by atoms with Crippen LogP contribution in [-0.2, 0) is 0 Å². The molecule has 6 N–H and O–H groups in total. The van der Waals surface area contributed by atoms with Crippen molar-refractivity contribution in [1.29, 1.82) is 0 Å². The third-order valence-electron chi connectivity index (χ3n) is 9.48. The number of rotatable bonds is 17.